The predicted octanol–water partition coefficient (Wildman–Crippen LogP) is 0.602. The van der Waals surface area contributed by atoms with E-state index in [2.05, 4.69) is 9.97 Å². The number of rotatable bonds is 4. The quantitative estimate of drug-likeness (QED) is 0.767. The summed E-state index contributed by atoms with van der Waals surface area (Å²) in [6.45, 7) is 2.68. The van der Waals surface area contributed by atoms with Crippen LogP contribution in [0.5, 0.6) is 0 Å². The van der Waals surface area contributed by atoms with E-state index in [1.54, 1.807) is 19.3 Å². The molecule has 7 heteroatoms. The molecule has 102 valence electrons. The highest BCUT2D eigenvalue weighted by Gasteiger charge is 2.10. The molecule has 0 saturated heterocycles. The van der Waals surface area contributed by atoms with Gasteiger partial charge in [-0.25, -0.2) is 9.97 Å². The van der Waals surface area contributed by atoms with Gasteiger partial charge in [0.25, 0.3) is 5.56 Å². The van der Waals surface area contributed by atoms with E-state index in [0.717, 1.165) is 5.39 Å². The van der Waals surface area contributed by atoms with E-state index in [-0.39, 0.29) is 17.3 Å². The van der Waals surface area contributed by atoms with Gasteiger partial charge in [-0.15, -0.1) is 0 Å². The summed E-state index contributed by atoms with van der Waals surface area (Å²) < 4.78 is 18.1. The van der Waals surface area contributed by atoms with Crippen LogP contribution in [0.1, 0.15) is 12.5 Å². The second-order valence-corrected chi connectivity index (χ2v) is 5.33. The summed E-state index contributed by atoms with van der Waals surface area (Å²) in [6.07, 6.45) is 3.08. The van der Waals surface area contributed by atoms with Crippen molar-refractivity contribution in [3.63, 3.8) is 0 Å². The van der Waals surface area contributed by atoms with Crippen LogP contribution >= 0.6 is 0 Å². The molecule has 2 aromatic rings. The number of hydrogen-bond acceptors (Lipinski definition) is 5. The van der Waals surface area contributed by atoms with Gasteiger partial charge in [0.2, 0.25) is 5.16 Å². The molecule has 2 rings (SSSR count). The molecule has 0 saturated carbocycles. The number of aryl methyl sites for hydroxylation is 1. The molecule has 2 aromatic heterocycles. The molecule has 0 spiro atoms. The highest BCUT2D eigenvalue weighted by molar-refractivity contribution is 7.84. The lowest BCUT2D eigenvalue weighted by Gasteiger charge is -2.08. The lowest BCUT2D eigenvalue weighted by atomic mass is 10.2. The third-order valence-corrected chi connectivity index (χ3v) is 3.43. The van der Waals surface area contributed by atoms with Crippen LogP contribution in [0.15, 0.2) is 22.2 Å². The molecule has 6 nitrogen and oxygen atoms in total. The van der Waals surface area contributed by atoms with Crippen molar-refractivity contribution in [1.82, 2.24) is 14.5 Å². The van der Waals surface area contributed by atoms with E-state index in [1.807, 2.05) is 6.92 Å². The van der Waals surface area contributed by atoms with Crippen LogP contribution in [-0.4, -0.2) is 31.6 Å². The molecule has 0 N–H and O–H groups in total. The Morgan fingerprint density at radius 3 is 2.84 bits per heavy atom. The first-order valence-corrected chi connectivity index (χ1v) is 7.37. The van der Waals surface area contributed by atoms with E-state index in [9.17, 15) is 9.00 Å². The average molecular weight is 281 g/mol. The first-order valence-electron chi connectivity index (χ1n) is 5.81. The molecule has 2 heterocycles. The summed E-state index contributed by atoms with van der Waals surface area (Å²) in [7, 11) is 0.362. The third kappa shape index (κ3) is 2.71. The van der Waals surface area contributed by atoms with Crippen LogP contribution < -0.4 is 5.56 Å². The molecule has 0 aliphatic carbocycles. The lowest BCUT2D eigenvalue weighted by molar-refractivity contribution is 0.133. The second kappa shape index (κ2) is 5.58. The molecular formula is C12H15N3O3S. The normalized spacial score (nSPS) is 12.8. The summed E-state index contributed by atoms with van der Waals surface area (Å²) in [4.78, 5) is 20.3. The second-order valence-electron chi connectivity index (χ2n) is 4.06. The molecule has 1 atom stereocenters. The number of hydrogen-bond donors (Lipinski definition) is 0. The summed E-state index contributed by atoms with van der Waals surface area (Å²) in [5.41, 5.74) is 0.878. The summed E-state index contributed by atoms with van der Waals surface area (Å²) in [5, 5.41) is 0.950. The van der Waals surface area contributed by atoms with Gasteiger partial charge in [0.05, 0.1) is 17.4 Å². The van der Waals surface area contributed by atoms with Gasteiger partial charge in [0, 0.05) is 37.1 Å². The van der Waals surface area contributed by atoms with Gasteiger partial charge in [-0.1, -0.05) is 0 Å². The van der Waals surface area contributed by atoms with Crippen LogP contribution in [0.3, 0.4) is 0 Å². The van der Waals surface area contributed by atoms with Crippen molar-refractivity contribution in [2.24, 2.45) is 7.05 Å². The number of nitrogens with zero attached hydrogens (tertiary/aromatic N) is 3. The Bertz CT molecular complexity index is 696. The van der Waals surface area contributed by atoms with Gasteiger partial charge in [0.1, 0.15) is 5.65 Å². The average Bonchev–Trinajstić information content (AvgIpc) is 2.40. The molecule has 0 aliphatic rings. The molecule has 1 unspecified atom stereocenters. The molecule has 0 fully saturated rings. The van der Waals surface area contributed by atoms with Gasteiger partial charge in [0.15, 0.2) is 0 Å². The number of pyridine rings is 1. The largest absolute Gasteiger partial charge is 0.377 e. The summed E-state index contributed by atoms with van der Waals surface area (Å²) in [5.74, 6) is 0. The SMILES string of the molecule is CCOCc1cc2cnc(S(C)=O)nc2n(C)c1=O. The Morgan fingerprint density at radius 2 is 2.21 bits per heavy atom. The molecule has 19 heavy (non-hydrogen) atoms. The topological polar surface area (TPSA) is 74.1 Å². The monoisotopic (exact) mass is 281 g/mol. The van der Waals surface area contributed by atoms with E-state index in [0.29, 0.717) is 17.8 Å². The fraction of sp³-hybridized carbons (Fsp3) is 0.417. The molecular weight excluding hydrogens is 266 g/mol. The van der Waals surface area contributed by atoms with Gasteiger partial charge in [-0.3, -0.25) is 13.6 Å². The third-order valence-electron chi connectivity index (χ3n) is 2.72. The smallest absolute Gasteiger partial charge is 0.257 e. The first-order chi connectivity index (χ1) is 9.04. The Hall–Kier alpha value is -1.60. The predicted molar refractivity (Wildman–Crippen MR) is 72.4 cm³/mol. The van der Waals surface area contributed by atoms with Gasteiger partial charge < -0.3 is 4.74 Å². The van der Waals surface area contributed by atoms with Crippen molar-refractivity contribution >= 4 is 21.8 Å². The minimum Gasteiger partial charge on any atom is -0.377 e. The van der Waals surface area contributed by atoms with E-state index >= 15 is 0 Å². The number of ether oxygens (including phenoxy) is 1. The maximum Gasteiger partial charge on any atom is 0.257 e. The van der Waals surface area contributed by atoms with E-state index in [4.69, 9.17) is 4.74 Å². The Balaban J connectivity index is 2.62. The number of aromatic nitrogens is 3. The zero-order chi connectivity index (χ0) is 14.0. The highest BCUT2D eigenvalue weighted by Crippen LogP contribution is 2.11. The van der Waals surface area contributed by atoms with Gasteiger partial charge in [-0.05, 0) is 13.0 Å². The zero-order valence-electron chi connectivity index (χ0n) is 11.0. The Kier molecular flexibility index (Phi) is 4.06. The van der Waals surface area contributed by atoms with Crippen molar-refractivity contribution in [1.29, 1.82) is 0 Å². The lowest BCUT2D eigenvalue weighted by Crippen LogP contribution is -2.23. The van der Waals surface area contributed by atoms with Crippen LogP contribution in [0.4, 0.5) is 0 Å². The van der Waals surface area contributed by atoms with Crippen molar-refractivity contribution in [3.8, 4) is 0 Å². The standard InChI is InChI=1S/C12H15N3O3S/c1-4-18-7-9-5-8-6-13-12(19(3)17)14-10(8)15(2)11(9)16/h5-6H,4,7H2,1-3H3. The van der Waals surface area contributed by atoms with Crippen molar-refractivity contribution in [3.05, 3.63) is 28.2 Å². The number of fused-ring (bicyclic) bond motifs is 1. The minimum absolute atomic E-state index is 0.160. The van der Waals surface area contributed by atoms with E-state index < -0.39 is 10.8 Å². The van der Waals surface area contributed by atoms with Gasteiger partial charge in [-0.2, -0.15) is 0 Å². The minimum atomic E-state index is -1.27. The summed E-state index contributed by atoms with van der Waals surface area (Å²) >= 11 is 0. The fourth-order valence-corrected chi connectivity index (χ4v) is 2.17. The van der Waals surface area contributed by atoms with Crippen LogP contribution in [0.25, 0.3) is 11.0 Å². The first kappa shape index (κ1) is 13.8. The van der Waals surface area contributed by atoms with Crippen LogP contribution in [-0.2, 0) is 29.2 Å². The molecule has 0 radical (unpaired) electrons. The van der Waals surface area contributed by atoms with Crippen LogP contribution in [0.2, 0.25) is 0 Å². The van der Waals surface area contributed by atoms with E-state index in [1.165, 1.54) is 10.8 Å². The Morgan fingerprint density at radius 1 is 1.47 bits per heavy atom. The maximum atomic E-state index is 12.1. The van der Waals surface area contributed by atoms with Crippen molar-refractivity contribution in [2.45, 2.75) is 18.7 Å². The van der Waals surface area contributed by atoms with Crippen molar-refractivity contribution < 1.29 is 8.95 Å². The van der Waals surface area contributed by atoms with Crippen LogP contribution in [0, 0.1) is 0 Å². The summed E-state index contributed by atoms with van der Waals surface area (Å²) in [6, 6.07) is 1.72. The molecule has 0 amide bonds. The fourth-order valence-electron chi connectivity index (χ4n) is 1.75. The Labute approximate surface area is 112 Å². The van der Waals surface area contributed by atoms with Gasteiger partial charge >= 0.3 is 0 Å². The molecule has 0 bridgehead atoms. The highest BCUT2D eigenvalue weighted by atomic mass is 32.2. The van der Waals surface area contributed by atoms with Crippen molar-refractivity contribution in [2.75, 3.05) is 12.9 Å². The molecule has 0 aliphatic heterocycles. The maximum absolute atomic E-state index is 12.1. The zero-order valence-corrected chi connectivity index (χ0v) is 11.9. The molecule has 0 aromatic carbocycles.